The van der Waals surface area contributed by atoms with Crippen LogP contribution in [0.15, 0.2) is 24.3 Å². The van der Waals surface area contributed by atoms with Gasteiger partial charge in [-0.2, -0.15) is 4.80 Å². The van der Waals surface area contributed by atoms with Crippen LogP contribution in [0.4, 0.5) is 12.9 Å². The maximum atomic E-state index is 12.5. The Morgan fingerprint density at radius 2 is 2.05 bits per heavy atom. The van der Waals surface area contributed by atoms with Crippen molar-refractivity contribution < 1.29 is 69.1 Å². The van der Waals surface area contributed by atoms with E-state index < -0.39 is 12.4 Å². The molecule has 0 spiro atoms. The molecular formula is C9H9BF3KN4O. The molecule has 10 heteroatoms. The van der Waals surface area contributed by atoms with Gasteiger partial charge in [0.25, 0.3) is 0 Å². The Morgan fingerprint density at radius 3 is 2.63 bits per heavy atom. The molecule has 0 aliphatic carbocycles. The Hall–Kier alpha value is -0.419. The van der Waals surface area contributed by atoms with E-state index in [2.05, 4.69) is 15.4 Å². The van der Waals surface area contributed by atoms with Crippen LogP contribution >= 0.6 is 0 Å². The van der Waals surface area contributed by atoms with Crippen LogP contribution in [0.3, 0.4) is 0 Å². The number of ether oxygens (including phenoxy) is 1. The average Bonchev–Trinajstić information content (AvgIpc) is 2.72. The van der Waals surface area contributed by atoms with Gasteiger partial charge in [0.1, 0.15) is 5.75 Å². The van der Waals surface area contributed by atoms with Crippen LogP contribution in [0, 0.1) is 0 Å². The fourth-order valence-corrected chi connectivity index (χ4v) is 1.34. The Kier molecular flexibility index (Phi) is 5.99. The van der Waals surface area contributed by atoms with Crippen molar-refractivity contribution in [2.45, 2.75) is 6.61 Å². The quantitative estimate of drug-likeness (QED) is 0.604. The first-order valence-corrected chi connectivity index (χ1v) is 5.11. The molecule has 0 atom stereocenters. The standard InChI is InChI=1S/C9H9BF3N4O.K/c1-17-15-9(14-16-17)6-18-8-4-2-3-7(5-8)10(11,12)13;/h2-5H,6H2,1H3;/q-1;+1. The third-order valence-electron chi connectivity index (χ3n) is 2.15. The maximum Gasteiger partial charge on any atom is 1.00 e. The van der Waals surface area contributed by atoms with Crippen LogP contribution in [0.25, 0.3) is 0 Å². The average molecular weight is 296 g/mol. The van der Waals surface area contributed by atoms with Crippen molar-refractivity contribution in [1.29, 1.82) is 0 Å². The molecule has 0 N–H and O–H groups in total. The van der Waals surface area contributed by atoms with Gasteiger partial charge in [-0.05, 0) is 17.3 Å². The minimum atomic E-state index is -5.02. The summed E-state index contributed by atoms with van der Waals surface area (Å²) in [6.07, 6.45) is 0. The predicted molar refractivity (Wildman–Crippen MR) is 58.3 cm³/mol. The van der Waals surface area contributed by atoms with E-state index in [1.807, 2.05) is 0 Å². The zero-order chi connectivity index (χ0) is 13.2. The Morgan fingerprint density at radius 1 is 1.32 bits per heavy atom. The number of halogens is 3. The molecule has 0 amide bonds. The second-order valence-electron chi connectivity index (χ2n) is 3.63. The molecule has 0 bridgehead atoms. The van der Waals surface area contributed by atoms with Crippen LogP contribution < -0.4 is 61.6 Å². The second-order valence-corrected chi connectivity index (χ2v) is 3.63. The number of hydrogen-bond donors (Lipinski definition) is 0. The summed E-state index contributed by atoms with van der Waals surface area (Å²) in [4.78, 5) is 1.24. The summed E-state index contributed by atoms with van der Waals surface area (Å²) < 4.78 is 42.7. The molecular weight excluding hydrogens is 287 g/mol. The molecule has 2 rings (SSSR count). The van der Waals surface area contributed by atoms with Gasteiger partial charge < -0.3 is 17.7 Å². The second kappa shape index (κ2) is 6.84. The largest absolute Gasteiger partial charge is 1.00 e. The number of nitrogens with zero attached hydrogens (tertiary/aromatic N) is 4. The van der Waals surface area contributed by atoms with E-state index in [4.69, 9.17) is 4.74 Å². The van der Waals surface area contributed by atoms with Gasteiger partial charge >= 0.3 is 58.4 Å². The summed E-state index contributed by atoms with van der Waals surface area (Å²) in [6.45, 7) is -5.05. The molecule has 0 aliphatic heterocycles. The van der Waals surface area contributed by atoms with E-state index in [9.17, 15) is 12.9 Å². The Balaban J connectivity index is 0.00000180. The molecule has 0 unspecified atom stereocenters. The zero-order valence-corrected chi connectivity index (χ0v) is 13.5. The van der Waals surface area contributed by atoms with Crippen LogP contribution in [-0.2, 0) is 13.7 Å². The van der Waals surface area contributed by atoms with Crippen molar-refractivity contribution in [3.63, 3.8) is 0 Å². The molecule has 19 heavy (non-hydrogen) atoms. The van der Waals surface area contributed by atoms with E-state index in [1.54, 1.807) is 7.05 Å². The van der Waals surface area contributed by atoms with E-state index in [0.29, 0.717) is 5.82 Å². The number of hydrogen-bond acceptors (Lipinski definition) is 4. The predicted octanol–water partition coefficient (Wildman–Crippen LogP) is -2.15. The van der Waals surface area contributed by atoms with Crippen molar-refractivity contribution in [3.05, 3.63) is 30.1 Å². The molecule has 0 fully saturated rings. The Labute approximate surface area is 150 Å². The van der Waals surface area contributed by atoms with Gasteiger partial charge in [-0.25, -0.2) is 0 Å². The number of rotatable bonds is 4. The first-order valence-electron chi connectivity index (χ1n) is 5.11. The Bertz CT molecular complexity index is 548. The first-order chi connectivity index (χ1) is 8.45. The number of benzene rings is 1. The van der Waals surface area contributed by atoms with E-state index in [0.717, 1.165) is 12.1 Å². The molecule has 5 nitrogen and oxygen atoms in total. The fraction of sp³-hybridized carbons (Fsp3) is 0.222. The summed E-state index contributed by atoms with van der Waals surface area (Å²) in [5, 5.41) is 11.1. The van der Waals surface area contributed by atoms with Crippen LogP contribution in [0.2, 0.25) is 0 Å². The van der Waals surface area contributed by atoms with Gasteiger partial charge in [0.2, 0.25) is 5.82 Å². The fourth-order valence-electron chi connectivity index (χ4n) is 1.34. The minimum absolute atomic E-state index is 0. The summed E-state index contributed by atoms with van der Waals surface area (Å²) in [7, 11) is 1.59. The van der Waals surface area contributed by atoms with Crippen LogP contribution in [-0.4, -0.2) is 27.2 Å². The summed E-state index contributed by atoms with van der Waals surface area (Å²) >= 11 is 0. The number of aryl methyl sites for hydroxylation is 1. The van der Waals surface area contributed by atoms with Gasteiger partial charge in [-0.3, -0.25) is 0 Å². The number of tetrazole rings is 1. The zero-order valence-electron chi connectivity index (χ0n) is 10.4. The molecule has 0 saturated carbocycles. The van der Waals surface area contributed by atoms with E-state index in [1.165, 1.54) is 16.9 Å². The third-order valence-corrected chi connectivity index (χ3v) is 2.15. The van der Waals surface area contributed by atoms with Crippen LogP contribution in [0.1, 0.15) is 5.82 Å². The van der Waals surface area contributed by atoms with Crippen molar-refractivity contribution in [3.8, 4) is 5.75 Å². The maximum absolute atomic E-state index is 12.5. The molecule has 2 aromatic rings. The normalized spacial score (nSPS) is 10.9. The molecule has 0 radical (unpaired) electrons. The van der Waals surface area contributed by atoms with Gasteiger partial charge in [0.15, 0.2) is 6.61 Å². The van der Waals surface area contributed by atoms with Gasteiger partial charge in [-0.15, -0.1) is 15.7 Å². The molecule has 1 heterocycles. The topological polar surface area (TPSA) is 52.8 Å². The van der Waals surface area contributed by atoms with Crippen LogP contribution in [0.5, 0.6) is 5.75 Å². The third kappa shape index (κ3) is 4.88. The number of aromatic nitrogens is 4. The van der Waals surface area contributed by atoms with Crippen molar-refractivity contribution in [2.24, 2.45) is 7.05 Å². The summed E-state index contributed by atoms with van der Waals surface area (Å²) in [5.41, 5.74) is -0.695. The molecule has 0 aliphatic rings. The monoisotopic (exact) mass is 296 g/mol. The van der Waals surface area contributed by atoms with Crippen molar-refractivity contribution in [1.82, 2.24) is 20.2 Å². The molecule has 1 aromatic heterocycles. The van der Waals surface area contributed by atoms with Crippen molar-refractivity contribution >= 4 is 12.4 Å². The summed E-state index contributed by atoms with van der Waals surface area (Å²) in [6, 6.07) is 4.70. The summed E-state index contributed by atoms with van der Waals surface area (Å²) in [5.74, 6) is 0.430. The van der Waals surface area contributed by atoms with Crippen molar-refractivity contribution in [2.75, 3.05) is 0 Å². The van der Waals surface area contributed by atoms with Gasteiger partial charge in [0.05, 0.1) is 7.05 Å². The minimum Gasteiger partial charge on any atom is -0.486 e. The van der Waals surface area contributed by atoms with Gasteiger partial charge in [-0.1, -0.05) is 12.1 Å². The van der Waals surface area contributed by atoms with E-state index >= 15 is 0 Å². The molecule has 0 saturated heterocycles. The van der Waals surface area contributed by atoms with Gasteiger partial charge in [0, 0.05) is 0 Å². The van der Waals surface area contributed by atoms with E-state index in [-0.39, 0.29) is 63.7 Å². The molecule has 96 valence electrons. The first kappa shape index (κ1) is 16.6. The molecule has 1 aromatic carbocycles. The SMILES string of the molecule is Cn1nnc(COc2cccc([B-](F)(F)F)c2)n1.[K+]. The smallest absolute Gasteiger partial charge is 0.486 e.